The van der Waals surface area contributed by atoms with Crippen LogP contribution in [0.3, 0.4) is 0 Å². The molecule has 25 heavy (non-hydrogen) atoms. The average Bonchev–Trinajstić information content (AvgIpc) is 3.21. The summed E-state index contributed by atoms with van der Waals surface area (Å²) in [7, 11) is 0. The third-order valence-corrected chi connectivity index (χ3v) is 5.46. The molecule has 2 aromatic carbocycles. The molecule has 1 amide bonds. The molecule has 0 radical (unpaired) electrons. The second-order valence-electron chi connectivity index (χ2n) is 7.11. The lowest BCUT2D eigenvalue weighted by atomic mass is 9.95. The lowest BCUT2D eigenvalue weighted by molar-refractivity contribution is -0.129. The van der Waals surface area contributed by atoms with Gasteiger partial charge in [0, 0.05) is 25.0 Å². The van der Waals surface area contributed by atoms with Crippen LogP contribution in [0, 0.1) is 0 Å². The molecule has 0 saturated carbocycles. The fourth-order valence-corrected chi connectivity index (χ4v) is 4.11. The summed E-state index contributed by atoms with van der Waals surface area (Å²) < 4.78 is 0. The van der Waals surface area contributed by atoms with Gasteiger partial charge in [0.1, 0.15) is 0 Å². The van der Waals surface area contributed by atoms with Crippen molar-refractivity contribution in [1.82, 2.24) is 4.90 Å². The van der Waals surface area contributed by atoms with Crippen LogP contribution < -0.4 is 5.73 Å². The standard InChI is InChI=1S/C21H24N2O.ClH/c22-20-14-23(13-19(20)17-5-2-1-3-6-17)21(24)12-15-9-10-16-7-4-8-18(16)11-15;/h1-3,5-6,9-11,19-20H,4,7-8,12-14,22H2;1H/t19-,20+;/m0./s1. The molecule has 1 aliphatic heterocycles. The maximum absolute atomic E-state index is 12.7. The topological polar surface area (TPSA) is 46.3 Å². The van der Waals surface area contributed by atoms with Gasteiger partial charge in [-0.1, -0.05) is 48.5 Å². The summed E-state index contributed by atoms with van der Waals surface area (Å²) in [5, 5.41) is 0. The van der Waals surface area contributed by atoms with Gasteiger partial charge in [-0.2, -0.15) is 0 Å². The second kappa shape index (κ2) is 7.59. The van der Waals surface area contributed by atoms with E-state index in [9.17, 15) is 4.79 Å². The molecule has 2 aromatic rings. The summed E-state index contributed by atoms with van der Waals surface area (Å²) in [4.78, 5) is 14.6. The Hall–Kier alpha value is -1.84. The quantitative estimate of drug-likeness (QED) is 0.918. The highest BCUT2D eigenvalue weighted by Gasteiger charge is 2.33. The predicted molar refractivity (Wildman–Crippen MR) is 103 cm³/mol. The van der Waals surface area contributed by atoms with Crippen LogP contribution in [-0.2, 0) is 24.1 Å². The fourth-order valence-electron chi connectivity index (χ4n) is 4.11. The lowest BCUT2D eigenvalue weighted by Crippen LogP contribution is -2.33. The number of aryl methyl sites for hydroxylation is 2. The lowest BCUT2D eigenvalue weighted by Gasteiger charge is -2.17. The summed E-state index contributed by atoms with van der Waals surface area (Å²) in [6.07, 6.45) is 4.07. The molecule has 1 heterocycles. The van der Waals surface area contributed by atoms with Crippen LogP contribution in [0.25, 0.3) is 0 Å². The van der Waals surface area contributed by atoms with Crippen molar-refractivity contribution in [2.24, 2.45) is 5.73 Å². The molecule has 1 aliphatic carbocycles. The molecule has 1 saturated heterocycles. The zero-order valence-corrected chi connectivity index (χ0v) is 15.2. The number of hydrogen-bond donors (Lipinski definition) is 1. The Morgan fingerprint density at radius 3 is 2.60 bits per heavy atom. The van der Waals surface area contributed by atoms with Crippen molar-refractivity contribution in [3.8, 4) is 0 Å². The first-order valence-corrected chi connectivity index (χ1v) is 8.89. The number of likely N-dealkylation sites (tertiary alicyclic amines) is 1. The summed E-state index contributed by atoms with van der Waals surface area (Å²) >= 11 is 0. The van der Waals surface area contributed by atoms with Crippen LogP contribution in [-0.4, -0.2) is 29.9 Å². The van der Waals surface area contributed by atoms with Crippen LogP contribution in [0.2, 0.25) is 0 Å². The normalized spacial score (nSPS) is 21.7. The Bertz CT molecular complexity index is 747. The number of amides is 1. The zero-order valence-electron chi connectivity index (χ0n) is 14.4. The SMILES string of the molecule is Cl.N[C@@H]1CN(C(=O)Cc2ccc3c(c2)CCC3)C[C@H]1c1ccccc1. The number of carbonyl (C=O) groups excluding carboxylic acids is 1. The van der Waals surface area contributed by atoms with Crippen molar-refractivity contribution in [3.05, 3.63) is 70.8 Å². The number of halogens is 1. The number of fused-ring (bicyclic) bond motifs is 1. The van der Waals surface area contributed by atoms with Gasteiger partial charge in [-0.05, 0) is 41.5 Å². The van der Waals surface area contributed by atoms with Crippen molar-refractivity contribution in [2.45, 2.75) is 37.6 Å². The van der Waals surface area contributed by atoms with Gasteiger partial charge in [-0.25, -0.2) is 0 Å². The third kappa shape index (κ3) is 3.73. The Morgan fingerprint density at radius 1 is 1.04 bits per heavy atom. The molecular formula is C21H25ClN2O. The molecule has 0 spiro atoms. The minimum atomic E-state index is 0. The van der Waals surface area contributed by atoms with E-state index in [1.807, 2.05) is 23.1 Å². The van der Waals surface area contributed by atoms with Crippen molar-refractivity contribution >= 4 is 18.3 Å². The minimum Gasteiger partial charge on any atom is -0.340 e. The Kier molecular flexibility index (Phi) is 5.45. The molecule has 0 aromatic heterocycles. The summed E-state index contributed by atoms with van der Waals surface area (Å²) in [6.45, 7) is 1.39. The predicted octanol–water partition coefficient (Wildman–Crippen LogP) is 3.09. The number of rotatable bonds is 3. The number of nitrogens with two attached hydrogens (primary N) is 1. The minimum absolute atomic E-state index is 0. The van der Waals surface area contributed by atoms with Gasteiger partial charge in [-0.3, -0.25) is 4.79 Å². The first-order valence-electron chi connectivity index (χ1n) is 8.89. The highest BCUT2D eigenvalue weighted by molar-refractivity contribution is 5.85. The molecular weight excluding hydrogens is 332 g/mol. The van der Waals surface area contributed by atoms with Crippen molar-refractivity contribution in [2.75, 3.05) is 13.1 Å². The van der Waals surface area contributed by atoms with E-state index in [2.05, 4.69) is 30.3 Å². The molecule has 2 atom stereocenters. The monoisotopic (exact) mass is 356 g/mol. The van der Waals surface area contributed by atoms with Gasteiger partial charge >= 0.3 is 0 Å². The molecule has 0 unspecified atom stereocenters. The van der Waals surface area contributed by atoms with Crippen LogP contribution in [0.15, 0.2) is 48.5 Å². The molecule has 2 N–H and O–H groups in total. The molecule has 1 fully saturated rings. The van der Waals surface area contributed by atoms with Crippen molar-refractivity contribution < 1.29 is 4.79 Å². The van der Waals surface area contributed by atoms with Crippen LogP contribution in [0.1, 0.15) is 34.6 Å². The molecule has 3 nitrogen and oxygen atoms in total. The summed E-state index contributed by atoms with van der Waals surface area (Å²) in [5.74, 6) is 0.442. The number of nitrogens with zero attached hydrogens (tertiary/aromatic N) is 1. The van der Waals surface area contributed by atoms with Gasteiger partial charge in [0.15, 0.2) is 0 Å². The third-order valence-electron chi connectivity index (χ3n) is 5.46. The number of hydrogen-bond acceptors (Lipinski definition) is 2. The van der Waals surface area contributed by atoms with Gasteiger partial charge in [0.2, 0.25) is 5.91 Å². The largest absolute Gasteiger partial charge is 0.340 e. The van der Waals surface area contributed by atoms with E-state index < -0.39 is 0 Å². The number of benzene rings is 2. The van der Waals surface area contributed by atoms with Crippen LogP contribution in [0.5, 0.6) is 0 Å². The van der Waals surface area contributed by atoms with Gasteiger partial charge < -0.3 is 10.6 Å². The highest BCUT2D eigenvalue weighted by atomic mass is 35.5. The summed E-state index contributed by atoms with van der Waals surface area (Å²) in [6, 6.07) is 16.9. The van der Waals surface area contributed by atoms with E-state index in [0.717, 1.165) is 18.5 Å². The second-order valence-corrected chi connectivity index (χ2v) is 7.11. The maximum atomic E-state index is 12.7. The van der Waals surface area contributed by atoms with Gasteiger partial charge in [-0.15, -0.1) is 12.4 Å². The van der Waals surface area contributed by atoms with Gasteiger partial charge in [0.05, 0.1) is 6.42 Å². The first-order chi connectivity index (χ1) is 11.7. The van der Waals surface area contributed by atoms with Crippen LogP contribution >= 0.6 is 12.4 Å². The Balaban J connectivity index is 0.00000182. The van der Waals surface area contributed by atoms with Gasteiger partial charge in [0.25, 0.3) is 0 Å². The van der Waals surface area contributed by atoms with Crippen molar-refractivity contribution in [1.29, 1.82) is 0 Å². The average molecular weight is 357 g/mol. The van der Waals surface area contributed by atoms with E-state index in [0.29, 0.717) is 13.0 Å². The maximum Gasteiger partial charge on any atom is 0.227 e. The first kappa shape index (κ1) is 18.0. The van der Waals surface area contributed by atoms with E-state index in [1.165, 1.54) is 29.5 Å². The van der Waals surface area contributed by atoms with E-state index in [4.69, 9.17) is 5.73 Å². The molecule has 2 aliphatic rings. The molecule has 4 rings (SSSR count). The smallest absolute Gasteiger partial charge is 0.227 e. The fraction of sp³-hybridized carbons (Fsp3) is 0.381. The van der Waals surface area contributed by atoms with E-state index >= 15 is 0 Å². The summed E-state index contributed by atoms with van der Waals surface area (Å²) in [5.41, 5.74) is 11.6. The zero-order chi connectivity index (χ0) is 16.5. The number of carbonyl (C=O) groups is 1. The Labute approximate surface area is 155 Å². The highest BCUT2D eigenvalue weighted by Crippen LogP contribution is 2.27. The Morgan fingerprint density at radius 2 is 1.80 bits per heavy atom. The van der Waals surface area contributed by atoms with E-state index in [1.54, 1.807) is 0 Å². The van der Waals surface area contributed by atoms with E-state index in [-0.39, 0.29) is 30.3 Å². The molecule has 132 valence electrons. The molecule has 4 heteroatoms. The van der Waals surface area contributed by atoms with Crippen molar-refractivity contribution in [3.63, 3.8) is 0 Å². The van der Waals surface area contributed by atoms with Crippen LogP contribution in [0.4, 0.5) is 0 Å². The molecule has 0 bridgehead atoms.